The highest BCUT2D eigenvalue weighted by Gasteiger charge is 2.13. The predicted octanol–water partition coefficient (Wildman–Crippen LogP) is 5.06. The molecule has 1 atom stereocenters. The molecule has 0 spiro atoms. The molecule has 1 nitrogen and oxygen atoms in total. The Balaban J connectivity index is 2.55. The van der Waals surface area contributed by atoms with E-state index < -0.39 is 0 Å². The summed E-state index contributed by atoms with van der Waals surface area (Å²) in [4.78, 5) is 0. The number of hydrogen-bond donors (Lipinski definition) is 1. The van der Waals surface area contributed by atoms with Crippen LogP contribution in [0.4, 0.5) is 0 Å². The second kappa shape index (κ2) is 8.19. The first-order valence-corrected chi connectivity index (χ1v) is 7.89. The lowest BCUT2D eigenvalue weighted by Crippen LogP contribution is -2.34. The molecule has 18 heavy (non-hydrogen) atoms. The third-order valence-electron chi connectivity index (χ3n) is 3.20. The largest absolute Gasteiger partial charge is 0.314 e. The minimum absolute atomic E-state index is 0.574. The molecule has 0 aromatic heterocycles. The molecule has 3 heteroatoms. The Morgan fingerprint density at radius 1 is 1.33 bits per heavy atom. The molecule has 1 N–H and O–H groups in total. The maximum atomic E-state index is 6.25. The second-order valence-electron chi connectivity index (χ2n) is 5.08. The van der Waals surface area contributed by atoms with E-state index in [1.165, 1.54) is 12.0 Å². The van der Waals surface area contributed by atoms with Crippen LogP contribution < -0.4 is 5.32 Å². The normalized spacial score (nSPS) is 13.0. The van der Waals surface area contributed by atoms with Gasteiger partial charge in [-0.3, -0.25) is 0 Å². The number of aryl methyl sites for hydroxylation is 1. The average molecular weight is 333 g/mol. The minimum Gasteiger partial charge on any atom is -0.314 e. The maximum Gasteiger partial charge on any atom is 0.0449 e. The van der Waals surface area contributed by atoms with Crippen LogP contribution in [0.5, 0.6) is 0 Å². The van der Waals surface area contributed by atoms with Crippen molar-refractivity contribution in [1.29, 1.82) is 0 Å². The smallest absolute Gasteiger partial charge is 0.0449 e. The van der Waals surface area contributed by atoms with Gasteiger partial charge in [-0.2, -0.15) is 0 Å². The topological polar surface area (TPSA) is 12.0 Å². The first-order chi connectivity index (χ1) is 8.54. The molecular weight excluding hydrogens is 310 g/mol. The van der Waals surface area contributed by atoms with Crippen molar-refractivity contribution in [3.8, 4) is 0 Å². The monoisotopic (exact) mass is 331 g/mol. The van der Waals surface area contributed by atoms with Crippen molar-refractivity contribution in [3.05, 3.63) is 33.3 Å². The number of hydrogen-bond acceptors (Lipinski definition) is 1. The predicted molar refractivity (Wildman–Crippen MR) is 84.4 cm³/mol. The van der Waals surface area contributed by atoms with Crippen molar-refractivity contribution in [2.24, 2.45) is 5.92 Å². The average Bonchev–Trinajstić information content (AvgIpc) is 2.31. The van der Waals surface area contributed by atoms with Gasteiger partial charge in [0.2, 0.25) is 0 Å². The molecule has 0 fully saturated rings. The van der Waals surface area contributed by atoms with Gasteiger partial charge in [0.1, 0.15) is 0 Å². The summed E-state index contributed by atoms with van der Waals surface area (Å²) in [6.07, 6.45) is 3.35. The van der Waals surface area contributed by atoms with Crippen LogP contribution >= 0.6 is 27.5 Å². The van der Waals surface area contributed by atoms with Gasteiger partial charge < -0.3 is 5.32 Å². The quantitative estimate of drug-likeness (QED) is 0.736. The molecule has 1 unspecified atom stereocenters. The molecule has 1 aromatic carbocycles. The van der Waals surface area contributed by atoms with Crippen molar-refractivity contribution in [3.63, 3.8) is 0 Å². The fraction of sp³-hybridized carbons (Fsp3) is 0.600. The molecule has 0 amide bonds. The van der Waals surface area contributed by atoms with Gasteiger partial charge in [0.15, 0.2) is 0 Å². The number of benzene rings is 1. The molecule has 0 bridgehead atoms. The van der Waals surface area contributed by atoms with Crippen molar-refractivity contribution >= 4 is 27.5 Å². The Bertz CT molecular complexity index is 366. The lowest BCUT2D eigenvalue weighted by molar-refractivity contribution is 0.378. The highest BCUT2D eigenvalue weighted by molar-refractivity contribution is 9.10. The van der Waals surface area contributed by atoms with Crippen LogP contribution in [0.25, 0.3) is 0 Å². The highest BCUT2D eigenvalue weighted by Crippen LogP contribution is 2.23. The SMILES string of the molecule is CCCNC(CCc1ccc(Br)cc1Cl)C(C)C. The van der Waals surface area contributed by atoms with Gasteiger partial charge in [-0.05, 0) is 49.4 Å². The van der Waals surface area contributed by atoms with Crippen molar-refractivity contribution in [2.75, 3.05) is 6.54 Å². The van der Waals surface area contributed by atoms with Gasteiger partial charge in [0.05, 0.1) is 0 Å². The van der Waals surface area contributed by atoms with E-state index in [4.69, 9.17) is 11.6 Å². The van der Waals surface area contributed by atoms with E-state index in [-0.39, 0.29) is 0 Å². The summed E-state index contributed by atoms with van der Waals surface area (Å²) in [6, 6.07) is 6.72. The first kappa shape index (κ1) is 16.0. The fourth-order valence-electron chi connectivity index (χ4n) is 2.04. The van der Waals surface area contributed by atoms with Crippen LogP contribution in [0.15, 0.2) is 22.7 Å². The van der Waals surface area contributed by atoms with Crippen molar-refractivity contribution in [2.45, 2.75) is 46.1 Å². The molecule has 0 heterocycles. The lowest BCUT2D eigenvalue weighted by atomic mass is 9.96. The van der Waals surface area contributed by atoms with E-state index in [0.29, 0.717) is 12.0 Å². The molecule has 0 saturated carbocycles. The number of nitrogens with one attached hydrogen (secondary N) is 1. The van der Waals surface area contributed by atoms with Gasteiger partial charge in [-0.25, -0.2) is 0 Å². The summed E-state index contributed by atoms with van der Waals surface area (Å²) in [5.74, 6) is 0.658. The zero-order valence-corrected chi connectivity index (χ0v) is 13.8. The summed E-state index contributed by atoms with van der Waals surface area (Å²) in [7, 11) is 0. The third-order valence-corrected chi connectivity index (χ3v) is 4.05. The molecule has 1 aromatic rings. The molecule has 0 aliphatic rings. The van der Waals surface area contributed by atoms with Gasteiger partial charge in [0.25, 0.3) is 0 Å². The standard InChI is InChI=1S/C15H23BrClN/c1-4-9-18-15(11(2)3)8-6-12-5-7-13(16)10-14(12)17/h5,7,10-11,15,18H,4,6,8-9H2,1-3H3. The Morgan fingerprint density at radius 2 is 2.06 bits per heavy atom. The Kier molecular flexibility index (Phi) is 7.28. The van der Waals surface area contributed by atoms with E-state index in [1.54, 1.807) is 0 Å². The third kappa shape index (κ3) is 5.29. The zero-order chi connectivity index (χ0) is 13.5. The molecule has 0 aliphatic carbocycles. The van der Waals surface area contributed by atoms with Gasteiger partial charge >= 0.3 is 0 Å². The van der Waals surface area contributed by atoms with Crippen LogP contribution in [0.1, 0.15) is 39.2 Å². The zero-order valence-electron chi connectivity index (χ0n) is 11.5. The van der Waals surface area contributed by atoms with Crippen molar-refractivity contribution < 1.29 is 0 Å². The summed E-state index contributed by atoms with van der Waals surface area (Å²) >= 11 is 9.68. The summed E-state index contributed by atoms with van der Waals surface area (Å²) < 4.78 is 1.04. The van der Waals surface area contributed by atoms with Crippen LogP contribution in [0.2, 0.25) is 5.02 Å². The molecular formula is C15H23BrClN. The Morgan fingerprint density at radius 3 is 2.61 bits per heavy atom. The molecule has 0 radical (unpaired) electrons. The van der Waals surface area contributed by atoms with Gasteiger partial charge in [0, 0.05) is 15.5 Å². The van der Waals surface area contributed by atoms with E-state index >= 15 is 0 Å². The summed E-state index contributed by atoms with van der Waals surface area (Å²) in [5, 5.41) is 4.48. The van der Waals surface area contributed by atoms with Gasteiger partial charge in [-0.1, -0.05) is 54.4 Å². The van der Waals surface area contributed by atoms with E-state index in [1.807, 2.05) is 6.07 Å². The van der Waals surface area contributed by atoms with Crippen LogP contribution in [0.3, 0.4) is 0 Å². The molecule has 0 aliphatic heterocycles. The van der Waals surface area contributed by atoms with E-state index in [0.717, 1.165) is 28.9 Å². The summed E-state index contributed by atoms with van der Waals surface area (Å²) in [5.41, 5.74) is 1.24. The maximum absolute atomic E-state index is 6.25. The summed E-state index contributed by atoms with van der Waals surface area (Å²) in [6.45, 7) is 7.85. The van der Waals surface area contributed by atoms with Crippen LogP contribution in [-0.4, -0.2) is 12.6 Å². The molecule has 0 saturated heterocycles. The van der Waals surface area contributed by atoms with Crippen molar-refractivity contribution in [1.82, 2.24) is 5.32 Å². The molecule has 1 rings (SSSR count). The van der Waals surface area contributed by atoms with E-state index in [2.05, 4.69) is 54.2 Å². The Labute approximate surface area is 124 Å². The highest BCUT2D eigenvalue weighted by atomic mass is 79.9. The molecule has 102 valence electrons. The van der Waals surface area contributed by atoms with Crippen LogP contribution in [0, 0.1) is 5.92 Å². The van der Waals surface area contributed by atoms with Gasteiger partial charge in [-0.15, -0.1) is 0 Å². The number of rotatable bonds is 7. The fourth-order valence-corrected chi connectivity index (χ4v) is 2.80. The Hall–Kier alpha value is -0.0500. The van der Waals surface area contributed by atoms with Crippen LogP contribution in [-0.2, 0) is 6.42 Å². The van der Waals surface area contributed by atoms with E-state index in [9.17, 15) is 0 Å². The number of halogens is 2. The lowest BCUT2D eigenvalue weighted by Gasteiger charge is -2.22. The first-order valence-electron chi connectivity index (χ1n) is 6.72. The second-order valence-corrected chi connectivity index (χ2v) is 6.40. The minimum atomic E-state index is 0.574.